The zero-order chi connectivity index (χ0) is 9.97. The van der Waals surface area contributed by atoms with Crippen molar-refractivity contribution in [2.45, 2.75) is 32.2 Å². The van der Waals surface area contributed by atoms with Crippen molar-refractivity contribution in [2.75, 3.05) is 0 Å². The van der Waals surface area contributed by atoms with E-state index in [1.54, 1.807) is 0 Å². The molecule has 0 aromatic carbocycles. The Morgan fingerprint density at radius 1 is 1.57 bits per heavy atom. The molecule has 1 atom stereocenters. The molecule has 3 N–H and O–H groups in total. The van der Waals surface area contributed by atoms with Crippen LogP contribution in [-0.4, -0.2) is 4.98 Å². The molecule has 0 radical (unpaired) electrons. The molecule has 1 aliphatic rings. The summed E-state index contributed by atoms with van der Waals surface area (Å²) in [6, 6.07) is 6.31. The molecular weight excluding hydrogens is 174 g/mol. The van der Waals surface area contributed by atoms with Crippen molar-refractivity contribution in [3.8, 4) is 0 Å². The van der Waals surface area contributed by atoms with Crippen LogP contribution in [0.2, 0.25) is 0 Å². The summed E-state index contributed by atoms with van der Waals surface area (Å²) in [4.78, 5) is 4.48. The van der Waals surface area contributed by atoms with Crippen molar-refractivity contribution in [1.82, 2.24) is 10.4 Å². The molecule has 1 aliphatic carbocycles. The van der Waals surface area contributed by atoms with Crippen LogP contribution in [0.4, 0.5) is 0 Å². The van der Waals surface area contributed by atoms with Crippen LogP contribution in [0.25, 0.3) is 0 Å². The molecule has 1 aromatic rings. The SMILES string of the molecule is Cc1cccc(C(CC2CC2)NN)n1. The van der Waals surface area contributed by atoms with Gasteiger partial charge in [0.25, 0.3) is 0 Å². The molecule has 3 heteroatoms. The highest BCUT2D eigenvalue weighted by molar-refractivity contribution is 5.13. The van der Waals surface area contributed by atoms with Gasteiger partial charge in [0.2, 0.25) is 0 Å². The van der Waals surface area contributed by atoms with Crippen LogP contribution >= 0.6 is 0 Å². The largest absolute Gasteiger partial charge is 0.271 e. The molecule has 76 valence electrons. The number of pyridine rings is 1. The monoisotopic (exact) mass is 191 g/mol. The average molecular weight is 191 g/mol. The van der Waals surface area contributed by atoms with E-state index >= 15 is 0 Å². The Morgan fingerprint density at radius 3 is 2.93 bits per heavy atom. The van der Waals surface area contributed by atoms with Crippen LogP contribution in [0.15, 0.2) is 18.2 Å². The minimum atomic E-state index is 0.224. The van der Waals surface area contributed by atoms with Gasteiger partial charge in [-0.25, -0.2) is 0 Å². The Labute approximate surface area is 84.7 Å². The van der Waals surface area contributed by atoms with Crippen molar-refractivity contribution in [2.24, 2.45) is 11.8 Å². The summed E-state index contributed by atoms with van der Waals surface area (Å²) in [5, 5.41) is 0. The van der Waals surface area contributed by atoms with E-state index < -0.39 is 0 Å². The minimum absolute atomic E-state index is 0.224. The van der Waals surface area contributed by atoms with Gasteiger partial charge in [-0.15, -0.1) is 0 Å². The second-order valence-electron chi connectivity index (χ2n) is 4.10. The van der Waals surface area contributed by atoms with Crippen molar-refractivity contribution in [3.63, 3.8) is 0 Å². The lowest BCUT2D eigenvalue weighted by atomic mass is 10.1. The van der Waals surface area contributed by atoms with Crippen LogP contribution in [0.3, 0.4) is 0 Å². The van der Waals surface area contributed by atoms with E-state index in [0.717, 1.165) is 23.7 Å². The lowest BCUT2D eigenvalue weighted by Gasteiger charge is -2.15. The van der Waals surface area contributed by atoms with Crippen LogP contribution < -0.4 is 11.3 Å². The van der Waals surface area contributed by atoms with Crippen LogP contribution in [0, 0.1) is 12.8 Å². The maximum atomic E-state index is 5.54. The first-order valence-electron chi connectivity index (χ1n) is 5.19. The van der Waals surface area contributed by atoms with Crippen LogP contribution in [0.1, 0.15) is 36.7 Å². The minimum Gasteiger partial charge on any atom is -0.271 e. The quantitative estimate of drug-likeness (QED) is 0.562. The standard InChI is InChI=1S/C11H17N3/c1-8-3-2-4-10(13-8)11(14-12)7-9-5-6-9/h2-4,9,11,14H,5-7,12H2,1H3. The summed E-state index contributed by atoms with van der Waals surface area (Å²) in [5.41, 5.74) is 4.98. The number of hydrogen-bond acceptors (Lipinski definition) is 3. The molecule has 0 amide bonds. The average Bonchev–Trinajstić information content (AvgIpc) is 2.98. The number of nitrogens with zero attached hydrogens (tertiary/aromatic N) is 1. The molecule has 0 aliphatic heterocycles. The first kappa shape index (κ1) is 9.62. The molecule has 1 fully saturated rings. The molecule has 3 nitrogen and oxygen atoms in total. The van der Waals surface area contributed by atoms with Crippen molar-refractivity contribution in [3.05, 3.63) is 29.6 Å². The number of nitrogens with two attached hydrogens (primary N) is 1. The van der Waals surface area contributed by atoms with Gasteiger partial charge in [-0.3, -0.25) is 16.3 Å². The second-order valence-corrected chi connectivity index (χ2v) is 4.10. The summed E-state index contributed by atoms with van der Waals surface area (Å²) in [7, 11) is 0. The third kappa shape index (κ3) is 2.30. The van der Waals surface area contributed by atoms with Gasteiger partial charge in [-0.1, -0.05) is 18.9 Å². The fourth-order valence-electron chi connectivity index (χ4n) is 1.72. The van der Waals surface area contributed by atoms with Crippen molar-refractivity contribution in [1.29, 1.82) is 0 Å². The lowest BCUT2D eigenvalue weighted by molar-refractivity contribution is 0.476. The van der Waals surface area contributed by atoms with Crippen LogP contribution in [0.5, 0.6) is 0 Å². The van der Waals surface area contributed by atoms with Crippen molar-refractivity contribution < 1.29 is 0 Å². The van der Waals surface area contributed by atoms with E-state index in [4.69, 9.17) is 5.84 Å². The number of rotatable bonds is 4. The van der Waals surface area contributed by atoms with Gasteiger partial charge in [0.05, 0.1) is 11.7 Å². The third-order valence-electron chi connectivity index (χ3n) is 2.73. The molecule has 1 unspecified atom stereocenters. The Morgan fingerprint density at radius 2 is 2.36 bits per heavy atom. The number of aryl methyl sites for hydroxylation is 1. The van der Waals surface area contributed by atoms with E-state index in [9.17, 15) is 0 Å². The van der Waals surface area contributed by atoms with E-state index in [0.29, 0.717) is 0 Å². The van der Waals surface area contributed by atoms with E-state index in [1.165, 1.54) is 12.8 Å². The molecule has 0 spiro atoms. The molecule has 0 bridgehead atoms. The first-order chi connectivity index (χ1) is 6.79. The number of hydrogen-bond donors (Lipinski definition) is 2. The fraction of sp³-hybridized carbons (Fsp3) is 0.545. The Kier molecular flexibility index (Phi) is 2.79. The highest BCUT2D eigenvalue weighted by atomic mass is 15.2. The maximum Gasteiger partial charge on any atom is 0.0634 e. The summed E-state index contributed by atoms with van der Waals surface area (Å²) in [6.45, 7) is 2.01. The molecule has 1 saturated carbocycles. The smallest absolute Gasteiger partial charge is 0.0634 e. The van der Waals surface area contributed by atoms with Gasteiger partial charge >= 0.3 is 0 Å². The lowest BCUT2D eigenvalue weighted by Crippen LogP contribution is -2.29. The van der Waals surface area contributed by atoms with Gasteiger partial charge in [0.1, 0.15) is 0 Å². The van der Waals surface area contributed by atoms with E-state index in [1.807, 2.05) is 25.1 Å². The van der Waals surface area contributed by atoms with Gasteiger partial charge in [0.15, 0.2) is 0 Å². The number of hydrazine groups is 1. The van der Waals surface area contributed by atoms with Crippen LogP contribution in [-0.2, 0) is 0 Å². The summed E-state index contributed by atoms with van der Waals surface area (Å²) >= 11 is 0. The first-order valence-corrected chi connectivity index (χ1v) is 5.19. The summed E-state index contributed by atoms with van der Waals surface area (Å²) in [5.74, 6) is 6.40. The predicted octanol–water partition coefficient (Wildman–Crippen LogP) is 1.69. The normalized spacial score (nSPS) is 18.1. The van der Waals surface area contributed by atoms with E-state index in [2.05, 4.69) is 10.4 Å². The maximum absolute atomic E-state index is 5.54. The van der Waals surface area contributed by atoms with Gasteiger partial charge < -0.3 is 0 Å². The van der Waals surface area contributed by atoms with E-state index in [-0.39, 0.29) is 6.04 Å². The topological polar surface area (TPSA) is 50.9 Å². The number of nitrogens with one attached hydrogen (secondary N) is 1. The Hall–Kier alpha value is -0.930. The Bertz CT molecular complexity index is 307. The van der Waals surface area contributed by atoms with Gasteiger partial charge in [-0.05, 0) is 31.4 Å². The highest BCUT2D eigenvalue weighted by Crippen LogP contribution is 2.36. The zero-order valence-corrected chi connectivity index (χ0v) is 8.53. The molecule has 0 saturated heterocycles. The highest BCUT2D eigenvalue weighted by Gasteiger charge is 2.26. The summed E-state index contributed by atoms with van der Waals surface area (Å²) in [6.07, 6.45) is 3.82. The number of aromatic nitrogens is 1. The third-order valence-corrected chi connectivity index (χ3v) is 2.73. The van der Waals surface area contributed by atoms with Gasteiger partial charge in [0, 0.05) is 5.69 Å². The molecule has 1 heterocycles. The second kappa shape index (κ2) is 4.07. The molecular formula is C11H17N3. The molecule has 2 rings (SSSR count). The summed E-state index contributed by atoms with van der Waals surface area (Å²) < 4.78 is 0. The zero-order valence-electron chi connectivity index (χ0n) is 8.53. The Balaban J connectivity index is 2.08. The predicted molar refractivity (Wildman–Crippen MR) is 56.4 cm³/mol. The molecule has 1 aromatic heterocycles. The van der Waals surface area contributed by atoms with Gasteiger partial charge in [-0.2, -0.15) is 0 Å². The fourth-order valence-corrected chi connectivity index (χ4v) is 1.72. The van der Waals surface area contributed by atoms with Crippen molar-refractivity contribution >= 4 is 0 Å². The molecule has 14 heavy (non-hydrogen) atoms.